The Hall–Kier alpha value is 0.200. The van der Waals surface area contributed by atoms with Gasteiger partial charge in [-0.25, -0.2) is 5.01 Å². The predicted octanol–water partition coefficient (Wildman–Crippen LogP) is 1.82. The van der Waals surface area contributed by atoms with Crippen molar-refractivity contribution in [3.8, 4) is 0 Å². The molecule has 3 unspecified atom stereocenters. The van der Waals surface area contributed by atoms with Crippen molar-refractivity contribution >= 4 is 28.3 Å². The second-order valence-corrected chi connectivity index (χ2v) is 5.78. The van der Waals surface area contributed by atoms with E-state index in [0.29, 0.717) is 5.37 Å². The first-order chi connectivity index (χ1) is 5.77. The van der Waals surface area contributed by atoms with E-state index in [4.69, 9.17) is 12.2 Å². The van der Waals surface area contributed by atoms with Crippen LogP contribution in [0.2, 0.25) is 0 Å². The summed E-state index contributed by atoms with van der Waals surface area (Å²) in [5, 5.41) is 5.47. The fraction of sp³-hybridized carbons (Fsp3) is 0.875. The van der Waals surface area contributed by atoms with E-state index in [1.807, 2.05) is 11.8 Å². The molecule has 1 aliphatic carbocycles. The molecule has 2 heterocycles. The molecule has 3 aliphatic rings. The van der Waals surface area contributed by atoms with E-state index in [9.17, 15) is 0 Å². The monoisotopic (exact) mass is 200 g/mol. The molecular weight excluding hydrogens is 188 g/mol. The Bertz CT molecular complexity index is 243. The summed E-state index contributed by atoms with van der Waals surface area (Å²) in [4.78, 5) is 0. The molecule has 12 heavy (non-hydrogen) atoms. The van der Waals surface area contributed by atoms with E-state index in [0.717, 1.165) is 16.4 Å². The molecule has 2 bridgehead atoms. The lowest BCUT2D eigenvalue weighted by molar-refractivity contribution is 0.0194. The van der Waals surface area contributed by atoms with Crippen LogP contribution in [0.4, 0.5) is 0 Å². The van der Waals surface area contributed by atoms with Gasteiger partial charge in [-0.1, -0.05) is 24.0 Å². The molecule has 66 valence electrons. The van der Waals surface area contributed by atoms with Gasteiger partial charge in [-0.3, -0.25) is 5.01 Å². The highest BCUT2D eigenvalue weighted by Gasteiger charge is 2.51. The topological polar surface area (TPSA) is 6.48 Å². The van der Waals surface area contributed by atoms with Crippen molar-refractivity contribution in [1.29, 1.82) is 0 Å². The molecule has 3 rings (SSSR count). The summed E-state index contributed by atoms with van der Waals surface area (Å²) in [6.45, 7) is 2.26. The van der Waals surface area contributed by atoms with Crippen molar-refractivity contribution in [2.75, 3.05) is 0 Å². The van der Waals surface area contributed by atoms with Crippen molar-refractivity contribution in [1.82, 2.24) is 10.0 Å². The minimum atomic E-state index is 0.591. The Kier molecular flexibility index (Phi) is 1.50. The minimum absolute atomic E-state index is 0.591. The summed E-state index contributed by atoms with van der Waals surface area (Å²) in [5.74, 6) is 0. The first kappa shape index (κ1) is 7.59. The first-order valence-corrected chi connectivity index (χ1v) is 5.84. The fourth-order valence-electron chi connectivity index (χ4n) is 2.73. The van der Waals surface area contributed by atoms with Crippen LogP contribution in [0.25, 0.3) is 0 Å². The van der Waals surface area contributed by atoms with Gasteiger partial charge >= 0.3 is 0 Å². The normalized spacial score (nSPS) is 45.9. The molecule has 2 saturated heterocycles. The Morgan fingerprint density at radius 3 is 2.92 bits per heavy atom. The van der Waals surface area contributed by atoms with Crippen LogP contribution in [0.5, 0.6) is 0 Å². The second-order valence-electron chi connectivity index (χ2n) is 3.83. The van der Waals surface area contributed by atoms with Crippen LogP contribution in [0.1, 0.15) is 26.2 Å². The molecule has 0 aromatic carbocycles. The van der Waals surface area contributed by atoms with Crippen LogP contribution >= 0.6 is 24.0 Å². The lowest BCUT2D eigenvalue weighted by atomic mass is 10.2. The van der Waals surface area contributed by atoms with Crippen LogP contribution in [-0.4, -0.2) is 31.8 Å². The molecule has 0 aromatic rings. The maximum Gasteiger partial charge on any atom is 0.152 e. The third-order valence-corrected chi connectivity index (χ3v) is 4.60. The van der Waals surface area contributed by atoms with E-state index < -0.39 is 0 Å². The standard InChI is InChI=1S/C8H12N2S2/c1-5-9-6-2-3-7(4-6)10(9)8(11)12-5/h5-7H,2-4H2,1H3. The minimum Gasteiger partial charge on any atom is -0.286 e. The molecule has 0 radical (unpaired) electrons. The summed E-state index contributed by atoms with van der Waals surface area (Å²) < 4.78 is 1.11. The van der Waals surface area contributed by atoms with Crippen molar-refractivity contribution in [3.05, 3.63) is 0 Å². The van der Waals surface area contributed by atoms with Gasteiger partial charge in [0.1, 0.15) is 0 Å². The summed E-state index contributed by atoms with van der Waals surface area (Å²) >= 11 is 7.19. The zero-order valence-corrected chi connectivity index (χ0v) is 8.70. The molecule has 3 fully saturated rings. The van der Waals surface area contributed by atoms with E-state index in [1.54, 1.807) is 0 Å². The maximum atomic E-state index is 5.34. The lowest BCUT2D eigenvalue weighted by Gasteiger charge is -2.34. The highest BCUT2D eigenvalue weighted by Crippen LogP contribution is 2.46. The van der Waals surface area contributed by atoms with Crippen LogP contribution in [0.15, 0.2) is 0 Å². The van der Waals surface area contributed by atoms with Gasteiger partial charge in [0, 0.05) is 12.1 Å². The Balaban J connectivity index is 1.97. The SMILES string of the molecule is CC1SC(=S)N2C3CCC(C3)N12. The fourth-order valence-corrected chi connectivity index (χ4v) is 4.42. The second kappa shape index (κ2) is 2.36. The molecule has 2 nitrogen and oxygen atoms in total. The molecule has 0 aromatic heterocycles. The van der Waals surface area contributed by atoms with Gasteiger partial charge in [-0.05, 0) is 26.2 Å². The number of thioether (sulfide) groups is 1. The van der Waals surface area contributed by atoms with E-state index in [-0.39, 0.29) is 0 Å². The van der Waals surface area contributed by atoms with Crippen LogP contribution < -0.4 is 0 Å². The molecule has 3 atom stereocenters. The quantitative estimate of drug-likeness (QED) is 0.550. The van der Waals surface area contributed by atoms with Crippen molar-refractivity contribution in [2.24, 2.45) is 0 Å². The van der Waals surface area contributed by atoms with Crippen molar-refractivity contribution in [3.63, 3.8) is 0 Å². The molecule has 0 amide bonds. The van der Waals surface area contributed by atoms with Crippen molar-refractivity contribution in [2.45, 2.75) is 43.6 Å². The molecule has 4 heteroatoms. The van der Waals surface area contributed by atoms with Crippen LogP contribution in [0.3, 0.4) is 0 Å². The van der Waals surface area contributed by atoms with E-state index >= 15 is 0 Å². The van der Waals surface area contributed by atoms with Gasteiger partial charge in [0.25, 0.3) is 0 Å². The van der Waals surface area contributed by atoms with Gasteiger partial charge in [-0.15, -0.1) is 0 Å². The maximum absolute atomic E-state index is 5.34. The van der Waals surface area contributed by atoms with Gasteiger partial charge in [0.05, 0.1) is 5.37 Å². The summed E-state index contributed by atoms with van der Waals surface area (Å²) in [6, 6.07) is 1.55. The Morgan fingerprint density at radius 2 is 2.17 bits per heavy atom. The number of rotatable bonds is 0. The number of hydrogen-bond acceptors (Lipinski definition) is 3. The zero-order chi connectivity index (χ0) is 8.29. The summed E-state index contributed by atoms with van der Waals surface area (Å²) in [5.41, 5.74) is 0. The summed E-state index contributed by atoms with van der Waals surface area (Å²) in [7, 11) is 0. The number of hydrazine groups is 1. The average molecular weight is 200 g/mol. The van der Waals surface area contributed by atoms with Gasteiger partial charge in [0.2, 0.25) is 0 Å². The number of hydrogen-bond donors (Lipinski definition) is 0. The smallest absolute Gasteiger partial charge is 0.152 e. The van der Waals surface area contributed by atoms with Gasteiger partial charge in [0.15, 0.2) is 4.32 Å². The molecule has 2 aliphatic heterocycles. The molecule has 1 saturated carbocycles. The Labute approximate surface area is 82.2 Å². The highest BCUT2D eigenvalue weighted by molar-refractivity contribution is 8.23. The van der Waals surface area contributed by atoms with Crippen LogP contribution in [-0.2, 0) is 0 Å². The third kappa shape index (κ3) is 0.783. The number of nitrogens with zero attached hydrogens (tertiary/aromatic N) is 2. The zero-order valence-electron chi connectivity index (χ0n) is 7.06. The number of fused-ring (bicyclic) bond motifs is 5. The largest absolute Gasteiger partial charge is 0.286 e. The first-order valence-electron chi connectivity index (χ1n) is 4.55. The van der Waals surface area contributed by atoms with Gasteiger partial charge in [-0.2, -0.15) is 0 Å². The van der Waals surface area contributed by atoms with Gasteiger partial charge < -0.3 is 0 Å². The molecule has 0 spiro atoms. The number of thiocarbonyl (C=S) groups is 1. The average Bonchev–Trinajstić information content (AvgIpc) is 2.64. The van der Waals surface area contributed by atoms with Crippen molar-refractivity contribution < 1.29 is 0 Å². The summed E-state index contributed by atoms with van der Waals surface area (Å²) in [6.07, 6.45) is 4.09. The Morgan fingerprint density at radius 1 is 1.42 bits per heavy atom. The van der Waals surface area contributed by atoms with E-state index in [1.165, 1.54) is 19.3 Å². The highest BCUT2D eigenvalue weighted by atomic mass is 32.2. The molecular formula is C8H12N2S2. The third-order valence-electron chi connectivity index (χ3n) is 3.18. The molecule has 0 N–H and O–H groups in total. The van der Waals surface area contributed by atoms with Crippen LogP contribution in [0, 0.1) is 0 Å². The predicted molar refractivity (Wildman–Crippen MR) is 54.8 cm³/mol. The van der Waals surface area contributed by atoms with E-state index in [2.05, 4.69) is 16.9 Å². The lowest BCUT2D eigenvalue weighted by Crippen LogP contribution is -2.45.